The number of hydrogen-bond acceptors (Lipinski definition) is 4. The van der Waals surface area contributed by atoms with Crippen molar-refractivity contribution in [2.75, 3.05) is 26.2 Å². The average Bonchev–Trinajstić information content (AvgIpc) is 3.13. The summed E-state index contributed by atoms with van der Waals surface area (Å²) >= 11 is 1.62. The molecule has 1 saturated heterocycles. The molecule has 1 N–H and O–H groups in total. The number of nitrogens with one attached hydrogen (secondary N) is 1. The molecule has 2 aliphatic rings. The summed E-state index contributed by atoms with van der Waals surface area (Å²) in [6, 6.07) is 4.19. The second-order valence-corrected chi connectivity index (χ2v) is 7.93. The third-order valence-corrected chi connectivity index (χ3v) is 6.44. The summed E-state index contributed by atoms with van der Waals surface area (Å²) < 4.78 is 28.8. The number of nitrogens with zero attached hydrogens (tertiary/aromatic N) is 2. The molecule has 5 nitrogen and oxygen atoms in total. The van der Waals surface area contributed by atoms with Crippen molar-refractivity contribution in [2.24, 2.45) is 0 Å². The van der Waals surface area contributed by atoms with Crippen molar-refractivity contribution in [3.63, 3.8) is 0 Å². The van der Waals surface area contributed by atoms with Gasteiger partial charge in [-0.25, -0.2) is 0 Å². The lowest BCUT2D eigenvalue weighted by Crippen LogP contribution is -2.52. The van der Waals surface area contributed by atoms with Crippen LogP contribution in [0, 0.1) is 0 Å². The van der Waals surface area contributed by atoms with Gasteiger partial charge in [-0.05, 0) is 24.3 Å². The first-order valence-electron chi connectivity index (χ1n) is 6.68. The van der Waals surface area contributed by atoms with Crippen LogP contribution in [-0.4, -0.2) is 49.2 Å². The van der Waals surface area contributed by atoms with Gasteiger partial charge in [0.15, 0.2) is 0 Å². The molecule has 1 aliphatic carbocycles. The van der Waals surface area contributed by atoms with Crippen molar-refractivity contribution < 1.29 is 8.42 Å². The van der Waals surface area contributed by atoms with Gasteiger partial charge in [0, 0.05) is 43.6 Å². The maximum atomic E-state index is 12.7. The summed E-state index contributed by atoms with van der Waals surface area (Å²) in [5, 5.41) is 5.19. The molecule has 7 heteroatoms. The molecule has 0 unspecified atom stereocenters. The molecule has 0 radical (unpaired) electrons. The van der Waals surface area contributed by atoms with Crippen LogP contribution in [0.25, 0.3) is 0 Å². The van der Waals surface area contributed by atoms with Crippen LogP contribution in [0.5, 0.6) is 0 Å². The summed E-state index contributed by atoms with van der Waals surface area (Å²) in [6.45, 7) is 3.17. The Kier molecular flexibility index (Phi) is 3.91. The highest BCUT2D eigenvalue weighted by molar-refractivity contribution is 7.86. The lowest BCUT2D eigenvalue weighted by Gasteiger charge is -2.32. The molecule has 19 heavy (non-hydrogen) atoms. The lowest BCUT2D eigenvalue weighted by atomic mass is 10.4. The van der Waals surface area contributed by atoms with E-state index >= 15 is 0 Å². The largest absolute Gasteiger partial charge is 0.314 e. The van der Waals surface area contributed by atoms with Crippen molar-refractivity contribution in [3.05, 3.63) is 22.4 Å². The van der Waals surface area contributed by atoms with Gasteiger partial charge in [-0.2, -0.15) is 17.0 Å². The molecule has 1 aromatic heterocycles. The molecule has 1 aromatic rings. The van der Waals surface area contributed by atoms with Gasteiger partial charge < -0.3 is 5.32 Å². The Balaban J connectivity index is 1.78. The predicted octanol–water partition coefficient (Wildman–Crippen LogP) is 0.863. The standard InChI is InChI=1S/C12H19N3O2S2/c16-19(17,14-7-5-13-6-8-14)15(11-3-4-11)10-12-2-1-9-18-12/h1-2,9,11,13H,3-8,10H2. The maximum absolute atomic E-state index is 12.7. The summed E-state index contributed by atoms with van der Waals surface area (Å²) in [5.41, 5.74) is 0. The van der Waals surface area contributed by atoms with Gasteiger partial charge in [0.05, 0.1) is 0 Å². The van der Waals surface area contributed by atoms with Crippen LogP contribution in [0.3, 0.4) is 0 Å². The molecule has 1 saturated carbocycles. The minimum atomic E-state index is -3.30. The quantitative estimate of drug-likeness (QED) is 0.878. The van der Waals surface area contributed by atoms with Crippen LogP contribution in [0.2, 0.25) is 0 Å². The molecular weight excluding hydrogens is 282 g/mol. The van der Waals surface area contributed by atoms with E-state index in [4.69, 9.17) is 0 Å². The molecule has 1 aliphatic heterocycles. The van der Waals surface area contributed by atoms with E-state index in [1.54, 1.807) is 19.9 Å². The molecule has 0 bridgehead atoms. The van der Waals surface area contributed by atoms with E-state index in [1.807, 2.05) is 17.5 Å². The van der Waals surface area contributed by atoms with Crippen molar-refractivity contribution >= 4 is 21.5 Å². The zero-order chi connectivity index (χ0) is 13.3. The molecule has 0 spiro atoms. The van der Waals surface area contributed by atoms with Crippen molar-refractivity contribution in [1.82, 2.24) is 13.9 Å². The molecule has 2 heterocycles. The van der Waals surface area contributed by atoms with E-state index < -0.39 is 10.2 Å². The summed E-state index contributed by atoms with van der Waals surface area (Å²) in [5.74, 6) is 0. The third kappa shape index (κ3) is 3.00. The highest BCUT2D eigenvalue weighted by Gasteiger charge is 2.40. The van der Waals surface area contributed by atoms with Gasteiger partial charge in [-0.1, -0.05) is 6.07 Å². The van der Waals surface area contributed by atoms with E-state index in [9.17, 15) is 8.42 Å². The van der Waals surface area contributed by atoms with Crippen molar-refractivity contribution in [1.29, 1.82) is 0 Å². The molecule has 0 atom stereocenters. The SMILES string of the molecule is O=S(=O)(N1CCNCC1)N(Cc1cccs1)C1CC1. The van der Waals surface area contributed by atoms with Crippen LogP contribution in [0.15, 0.2) is 17.5 Å². The summed E-state index contributed by atoms with van der Waals surface area (Å²) in [6.07, 6.45) is 1.99. The number of hydrogen-bond donors (Lipinski definition) is 1. The Morgan fingerprint density at radius 1 is 1.37 bits per heavy atom. The molecule has 3 rings (SSSR count). The van der Waals surface area contributed by atoms with Gasteiger partial charge in [-0.3, -0.25) is 0 Å². The topological polar surface area (TPSA) is 52.7 Å². The molecule has 2 fully saturated rings. The minimum absolute atomic E-state index is 0.210. The normalized spacial score (nSPS) is 21.9. The zero-order valence-corrected chi connectivity index (χ0v) is 12.4. The Hall–Kier alpha value is -0.470. The summed E-state index contributed by atoms with van der Waals surface area (Å²) in [7, 11) is -3.30. The Morgan fingerprint density at radius 3 is 2.68 bits per heavy atom. The van der Waals surface area contributed by atoms with E-state index in [2.05, 4.69) is 5.32 Å². The predicted molar refractivity (Wildman–Crippen MR) is 76.2 cm³/mol. The number of thiophene rings is 1. The van der Waals surface area contributed by atoms with Gasteiger partial charge in [0.1, 0.15) is 0 Å². The second kappa shape index (κ2) is 5.49. The van der Waals surface area contributed by atoms with Gasteiger partial charge in [-0.15, -0.1) is 11.3 Å². The fourth-order valence-electron chi connectivity index (χ4n) is 2.34. The fraction of sp³-hybridized carbons (Fsp3) is 0.667. The van der Waals surface area contributed by atoms with Crippen molar-refractivity contribution in [3.8, 4) is 0 Å². The first kappa shape index (κ1) is 13.5. The van der Waals surface area contributed by atoms with Crippen molar-refractivity contribution in [2.45, 2.75) is 25.4 Å². The number of rotatable bonds is 5. The van der Waals surface area contributed by atoms with Gasteiger partial charge >= 0.3 is 0 Å². The minimum Gasteiger partial charge on any atom is -0.314 e. The fourth-order valence-corrected chi connectivity index (χ4v) is 4.96. The van der Waals surface area contributed by atoms with E-state index in [1.165, 1.54) is 0 Å². The summed E-state index contributed by atoms with van der Waals surface area (Å²) in [4.78, 5) is 1.12. The third-order valence-electron chi connectivity index (χ3n) is 3.54. The van der Waals surface area contributed by atoms with Crippen LogP contribution in [0.4, 0.5) is 0 Å². The average molecular weight is 301 g/mol. The maximum Gasteiger partial charge on any atom is 0.282 e. The first-order valence-corrected chi connectivity index (χ1v) is 8.95. The van der Waals surface area contributed by atoms with Crippen LogP contribution < -0.4 is 5.32 Å². The van der Waals surface area contributed by atoms with Crippen LogP contribution >= 0.6 is 11.3 Å². The second-order valence-electron chi connectivity index (χ2n) is 5.01. The van der Waals surface area contributed by atoms with Crippen LogP contribution in [0.1, 0.15) is 17.7 Å². The van der Waals surface area contributed by atoms with Gasteiger partial charge in [0.25, 0.3) is 10.2 Å². The van der Waals surface area contributed by atoms with E-state index in [0.29, 0.717) is 19.6 Å². The smallest absolute Gasteiger partial charge is 0.282 e. The molecule has 0 amide bonds. The highest BCUT2D eigenvalue weighted by atomic mass is 32.2. The van der Waals surface area contributed by atoms with Gasteiger partial charge in [0.2, 0.25) is 0 Å². The Morgan fingerprint density at radius 2 is 2.11 bits per heavy atom. The zero-order valence-electron chi connectivity index (χ0n) is 10.8. The monoisotopic (exact) mass is 301 g/mol. The van der Waals surface area contributed by atoms with E-state index in [-0.39, 0.29) is 6.04 Å². The molecular formula is C12H19N3O2S2. The first-order chi connectivity index (χ1) is 9.18. The Labute approximate surface area is 118 Å². The van der Waals surface area contributed by atoms with E-state index in [0.717, 1.165) is 30.8 Å². The Bertz CT molecular complexity index is 505. The lowest BCUT2D eigenvalue weighted by molar-refractivity contribution is 0.305. The molecule has 106 valence electrons. The molecule has 0 aromatic carbocycles. The highest BCUT2D eigenvalue weighted by Crippen LogP contribution is 2.32. The number of piperazine rings is 1. The van der Waals surface area contributed by atoms with Crippen LogP contribution in [-0.2, 0) is 16.8 Å².